The predicted octanol–water partition coefficient (Wildman–Crippen LogP) is 15.8. The van der Waals surface area contributed by atoms with Crippen molar-refractivity contribution in [2.45, 2.75) is 79.1 Å². The van der Waals surface area contributed by atoms with E-state index in [2.05, 4.69) is 186 Å². The zero-order valence-corrected chi connectivity index (χ0v) is 33.8. The Labute approximate surface area is 328 Å². The van der Waals surface area contributed by atoms with Gasteiger partial charge in [0, 0.05) is 43.1 Å². The van der Waals surface area contributed by atoms with Crippen LogP contribution in [0.3, 0.4) is 0 Å². The van der Waals surface area contributed by atoms with Crippen LogP contribution < -0.4 is 0 Å². The van der Waals surface area contributed by atoms with E-state index >= 15 is 0 Å². The van der Waals surface area contributed by atoms with Crippen molar-refractivity contribution < 1.29 is 0 Å². The molecule has 0 radical (unpaired) electrons. The van der Waals surface area contributed by atoms with Crippen molar-refractivity contribution in [2.75, 3.05) is 0 Å². The minimum Gasteiger partial charge on any atom is -0.308 e. The zero-order chi connectivity index (χ0) is 38.3. The summed E-state index contributed by atoms with van der Waals surface area (Å²) in [6, 6.07) is 46.8. The smallest absolute Gasteiger partial charge is 0.0634 e. The highest BCUT2D eigenvalue weighted by molar-refractivity contribution is 6.45. The van der Waals surface area contributed by atoms with Crippen LogP contribution in [0.2, 0.25) is 0 Å². The van der Waals surface area contributed by atoms with E-state index in [9.17, 15) is 0 Å². The summed E-state index contributed by atoms with van der Waals surface area (Å²) in [6.45, 7) is 18.7. The summed E-state index contributed by atoms with van der Waals surface area (Å²) in [4.78, 5) is 0. The maximum atomic E-state index is 2.59. The number of rotatable bonds is 6. The minimum absolute atomic E-state index is 0.423. The number of hydrogen-bond acceptors (Lipinski definition) is 0. The van der Waals surface area contributed by atoms with E-state index in [1.807, 2.05) is 0 Å². The third kappa shape index (κ3) is 4.28. The Morgan fingerprint density at radius 2 is 0.643 bits per heavy atom. The van der Waals surface area contributed by atoms with E-state index in [0.29, 0.717) is 23.7 Å². The van der Waals surface area contributed by atoms with Crippen LogP contribution in [0.1, 0.15) is 101 Å². The summed E-state index contributed by atoms with van der Waals surface area (Å²) >= 11 is 0. The van der Waals surface area contributed by atoms with Gasteiger partial charge < -0.3 is 8.80 Å². The van der Waals surface area contributed by atoms with Crippen LogP contribution in [0.4, 0.5) is 0 Å². The zero-order valence-electron chi connectivity index (χ0n) is 33.8. The highest BCUT2D eigenvalue weighted by Gasteiger charge is 2.29. The quantitative estimate of drug-likeness (QED) is 0.161. The molecule has 0 aliphatic carbocycles. The Morgan fingerprint density at radius 1 is 0.321 bits per heavy atom. The van der Waals surface area contributed by atoms with Crippen molar-refractivity contribution in [1.82, 2.24) is 8.80 Å². The lowest BCUT2D eigenvalue weighted by atomic mass is 9.84. The van der Waals surface area contributed by atoms with Crippen LogP contribution in [-0.2, 0) is 0 Å². The average Bonchev–Trinajstić information content (AvgIpc) is 3.92. The molecular formula is C54H48N2. The first kappa shape index (κ1) is 33.5. The van der Waals surface area contributed by atoms with E-state index in [4.69, 9.17) is 0 Å². The van der Waals surface area contributed by atoms with Gasteiger partial charge in [0.05, 0.1) is 33.1 Å². The molecule has 11 rings (SSSR count). The van der Waals surface area contributed by atoms with Gasteiger partial charge in [0.2, 0.25) is 0 Å². The monoisotopic (exact) mass is 724 g/mol. The molecule has 0 unspecified atom stereocenters. The maximum Gasteiger partial charge on any atom is 0.0634 e. The molecule has 56 heavy (non-hydrogen) atoms. The topological polar surface area (TPSA) is 8.82 Å². The van der Waals surface area contributed by atoms with Gasteiger partial charge >= 0.3 is 0 Å². The lowest BCUT2D eigenvalue weighted by Crippen LogP contribution is -1.99. The highest BCUT2D eigenvalue weighted by Crippen LogP contribution is 2.53. The van der Waals surface area contributed by atoms with E-state index in [-0.39, 0.29) is 0 Å². The standard InChI is InChI=1S/C54H48N2/c1-29(2)35-17-13-18-36(30(3)4)47(35)33-23-25-45-41(27-33)51-49-39-15-9-12-22-44(39)56-46-26-24-34(48-37(31(5)6)19-14-20-38(48)32(7)8)28-42(46)52(54(49)56)50-40-16-10-11-21-43(40)55(45)53(50)51/h9-32H,1-8H3. The fourth-order valence-corrected chi connectivity index (χ4v) is 10.7. The third-order valence-corrected chi connectivity index (χ3v) is 13.1. The van der Waals surface area contributed by atoms with Crippen molar-refractivity contribution in [3.63, 3.8) is 0 Å². The SMILES string of the molecule is CC(C)c1cccc(C(C)C)c1-c1ccc2c(c1)c1c3c4ccccc4n4c5ccc(-c6c(C(C)C)cccc6C(C)C)cc5c(c5c6ccccc6n2c51)c34. The van der Waals surface area contributed by atoms with Gasteiger partial charge in [0.25, 0.3) is 0 Å². The first-order chi connectivity index (χ1) is 27.2. The van der Waals surface area contributed by atoms with Crippen molar-refractivity contribution >= 4 is 76.2 Å². The van der Waals surface area contributed by atoms with Crippen molar-refractivity contribution in [1.29, 1.82) is 0 Å². The molecule has 2 nitrogen and oxygen atoms in total. The number of fused-ring (bicyclic) bond motifs is 14. The molecule has 0 bridgehead atoms. The summed E-state index contributed by atoms with van der Waals surface area (Å²) in [5.74, 6) is 1.69. The molecule has 0 fully saturated rings. The summed E-state index contributed by atoms with van der Waals surface area (Å²) in [5.41, 5.74) is 18.9. The second kappa shape index (κ2) is 11.8. The van der Waals surface area contributed by atoms with Gasteiger partial charge in [0.1, 0.15) is 0 Å². The molecule has 4 aromatic heterocycles. The van der Waals surface area contributed by atoms with Gasteiger partial charge in [-0.2, -0.15) is 0 Å². The summed E-state index contributed by atoms with van der Waals surface area (Å²) in [6.07, 6.45) is 0. The number of para-hydroxylation sites is 2. The minimum atomic E-state index is 0.423. The van der Waals surface area contributed by atoms with E-state index in [1.165, 1.54) is 121 Å². The molecular weight excluding hydrogens is 677 g/mol. The molecule has 0 amide bonds. The molecule has 0 atom stereocenters. The number of aromatic nitrogens is 2. The molecule has 4 heterocycles. The Balaban J connectivity index is 1.36. The van der Waals surface area contributed by atoms with Crippen LogP contribution in [0.5, 0.6) is 0 Å². The molecule has 0 saturated heterocycles. The first-order valence-corrected chi connectivity index (χ1v) is 20.7. The molecule has 11 aromatic rings. The second-order valence-electron chi connectivity index (χ2n) is 17.6. The van der Waals surface area contributed by atoms with Crippen LogP contribution in [0.15, 0.2) is 121 Å². The molecule has 0 spiro atoms. The Kier molecular flexibility index (Phi) is 7.07. The van der Waals surface area contributed by atoms with Crippen LogP contribution >= 0.6 is 0 Å². The van der Waals surface area contributed by atoms with Gasteiger partial charge in [-0.25, -0.2) is 0 Å². The van der Waals surface area contributed by atoms with Gasteiger partial charge in [-0.05, 0) is 105 Å². The predicted molar refractivity (Wildman–Crippen MR) is 243 cm³/mol. The number of nitrogens with zero attached hydrogens (tertiary/aromatic N) is 2. The molecule has 0 N–H and O–H groups in total. The van der Waals surface area contributed by atoms with Crippen molar-refractivity contribution in [3.8, 4) is 22.3 Å². The highest BCUT2D eigenvalue weighted by atomic mass is 14.9. The van der Waals surface area contributed by atoms with E-state index in [0.717, 1.165) is 0 Å². The Hall–Kier alpha value is -5.86. The lowest BCUT2D eigenvalue weighted by molar-refractivity contribution is 0.838. The van der Waals surface area contributed by atoms with Gasteiger partial charge in [-0.1, -0.05) is 140 Å². The van der Waals surface area contributed by atoms with Gasteiger partial charge in [-0.3, -0.25) is 0 Å². The molecule has 7 aromatic carbocycles. The van der Waals surface area contributed by atoms with E-state index in [1.54, 1.807) is 0 Å². The second-order valence-corrected chi connectivity index (χ2v) is 17.6. The van der Waals surface area contributed by atoms with Crippen molar-refractivity contribution in [3.05, 3.63) is 144 Å². The molecule has 274 valence electrons. The van der Waals surface area contributed by atoms with Crippen LogP contribution in [0, 0.1) is 0 Å². The van der Waals surface area contributed by atoms with Crippen LogP contribution in [0.25, 0.3) is 98.4 Å². The first-order valence-electron chi connectivity index (χ1n) is 20.7. The Bertz CT molecular complexity index is 3080. The van der Waals surface area contributed by atoms with Crippen LogP contribution in [-0.4, -0.2) is 8.80 Å². The summed E-state index contributed by atoms with van der Waals surface area (Å²) in [5, 5.41) is 10.8. The van der Waals surface area contributed by atoms with Crippen molar-refractivity contribution in [2.24, 2.45) is 0 Å². The molecule has 0 aliphatic rings. The number of benzene rings is 7. The number of hydrogen-bond donors (Lipinski definition) is 0. The third-order valence-electron chi connectivity index (χ3n) is 13.1. The molecule has 0 aliphatic heterocycles. The largest absolute Gasteiger partial charge is 0.308 e. The fourth-order valence-electron chi connectivity index (χ4n) is 10.7. The average molecular weight is 725 g/mol. The maximum absolute atomic E-state index is 2.59. The van der Waals surface area contributed by atoms with Gasteiger partial charge in [0.15, 0.2) is 0 Å². The summed E-state index contributed by atoms with van der Waals surface area (Å²) in [7, 11) is 0. The Morgan fingerprint density at radius 3 is 1.00 bits per heavy atom. The van der Waals surface area contributed by atoms with Gasteiger partial charge in [-0.15, -0.1) is 0 Å². The normalized spacial score (nSPS) is 12.9. The fraction of sp³-hybridized carbons (Fsp3) is 0.222. The van der Waals surface area contributed by atoms with E-state index < -0.39 is 0 Å². The lowest BCUT2D eigenvalue weighted by Gasteiger charge is -2.20. The molecule has 0 saturated carbocycles. The summed E-state index contributed by atoms with van der Waals surface area (Å²) < 4.78 is 5.18. The molecule has 2 heteroatoms.